The maximum absolute atomic E-state index is 11.8. The van der Waals surface area contributed by atoms with Gasteiger partial charge in [0.05, 0.1) is 13.4 Å². The van der Waals surface area contributed by atoms with Crippen molar-refractivity contribution in [2.45, 2.75) is 18.4 Å². The topological polar surface area (TPSA) is 94.9 Å². The van der Waals surface area contributed by atoms with Crippen LogP contribution < -0.4 is 15.2 Å². The van der Waals surface area contributed by atoms with Gasteiger partial charge in [-0.25, -0.2) is 0 Å². The SMILES string of the molecule is COc1ccc(C(SC)C(=O)O)c(OCc2cc(-c3cccc(CN)c3)c3occc3c2)c1. The molecule has 0 radical (unpaired) electrons. The van der Waals surface area contributed by atoms with Crippen LogP contribution in [0, 0.1) is 0 Å². The third kappa shape index (κ3) is 4.84. The number of hydrogen-bond donors (Lipinski definition) is 2. The molecule has 3 N–H and O–H groups in total. The summed E-state index contributed by atoms with van der Waals surface area (Å²) in [5.41, 5.74) is 11.1. The van der Waals surface area contributed by atoms with Gasteiger partial charge in [0.2, 0.25) is 0 Å². The van der Waals surface area contributed by atoms with Crippen LogP contribution in [-0.4, -0.2) is 24.4 Å². The highest BCUT2D eigenvalue weighted by atomic mass is 32.2. The van der Waals surface area contributed by atoms with Crippen molar-refractivity contribution >= 4 is 28.7 Å². The van der Waals surface area contributed by atoms with Crippen molar-refractivity contribution in [2.75, 3.05) is 13.4 Å². The number of rotatable bonds is 9. The van der Waals surface area contributed by atoms with Crippen molar-refractivity contribution in [3.63, 3.8) is 0 Å². The van der Waals surface area contributed by atoms with Gasteiger partial charge in [-0.1, -0.05) is 18.2 Å². The number of ether oxygens (including phenoxy) is 2. The van der Waals surface area contributed by atoms with E-state index >= 15 is 0 Å². The van der Waals surface area contributed by atoms with Crippen LogP contribution in [0.4, 0.5) is 0 Å². The molecule has 0 aliphatic heterocycles. The number of methoxy groups -OCH3 is 1. The molecule has 6 nitrogen and oxygen atoms in total. The molecule has 0 spiro atoms. The lowest BCUT2D eigenvalue weighted by Crippen LogP contribution is -2.10. The van der Waals surface area contributed by atoms with Gasteiger partial charge in [-0.3, -0.25) is 4.79 Å². The van der Waals surface area contributed by atoms with Gasteiger partial charge in [-0.2, -0.15) is 0 Å². The molecule has 0 saturated heterocycles. The van der Waals surface area contributed by atoms with Crippen LogP contribution >= 0.6 is 11.8 Å². The number of carboxylic acids is 1. The number of nitrogens with two attached hydrogens (primary N) is 1. The van der Waals surface area contributed by atoms with E-state index in [2.05, 4.69) is 6.07 Å². The van der Waals surface area contributed by atoms with Crippen LogP contribution in [0.5, 0.6) is 11.5 Å². The summed E-state index contributed by atoms with van der Waals surface area (Å²) in [5, 5.41) is 9.86. The minimum absolute atomic E-state index is 0.256. The highest BCUT2D eigenvalue weighted by molar-refractivity contribution is 7.99. The third-order valence-corrected chi connectivity index (χ3v) is 6.37. The van der Waals surface area contributed by atoms with E-state index < -0.39 is 11.2 Å². The van der Waals surface area contributed by atoms with Crippen molar-refractivity contribution in [1.29, 1.82) is 0 Å². The first kappa shape index (κ1) is 22.8. The Morgan fingerprint density at radius 2 is 1.97 bits per heavy atom. The fourth-order valence-corrected chi connectivity index (χ4v) is 4.46. The molecule has 0 aliphatic carbocycles. The fourth-order valence-electron chi connectivity index (χ4n) is 3.81. The molecule has 1 aromatic heterocycles. The van der Waals surface area contributed by atoms with Crippen molar-refractivity contribution in [1.82, 2.24) is 0 Å². The van der Waals surface area contributed by atoms with Crippen molar-refractivity contribution in [3.8, 4) is 22.6 Å². The molecule has 4 aromatic rings. The molecule has 33 heavy (non-hydrogen) atoms. The molecular weight excluding hydrogens is 438 g/mol. The maximum atomic E-state index is 11.8. The first-order valence-electron chi connectivity index (χ1n) is 10.4. The van der Waals surface area contributed by atoms with E-state index in [1.165, 1.54) is 11.8 Å². The van der Waals surface area contributed by atoms with Crippen molar-refractivity contribution < 1.29 is 23.8 Å². The van der Waals surface area contributed by atoms with E-state index in [-0.39, 0.29) is 6.61 Å². The molecule has 1 unspecified atom stereocenters. The molecule has 0 aliphatic rings. The number of thioether (sulfide) groups is 1. The monoisotopic (exact) mass is 463 g/mol. The number of benzene rings is 3. The summed E-state index contributed by atoms with van der Waals surface area (Å²) in [6, 6.07) is 19.2. The Balaban J connectivity index is 1.70. The lowest BCUT2D eigenvalue weighted by molar-refractivity contribution is -0.136. The highest BCUT2D eigenvalue weighted by Crippen LogP contribution is 2.37. The average molecular weight is 464 g/mol. The summed E-state index contributed by atoms with van der Waals surface area (Å²) in [7, 11) is 1.57. The lowest BCUT2D eigenvalue weighted by atomic mass is 9.99. The Kier molecular flexibility index (Phi) is 6.91. The summed E-state index contributed by atoms with van der Waals surface area (Å²) in [5.74, 6) is 0.165. The van der Waals surface area contributed by atoms with Gasteiger partial charge in [0, 0.05) is 29.1 Å². The molecule has 0 bridgehead atoms. The van der Waals surface area contributed by atoms with Gasteiger partial charge in [0.25, 0.3) is 0 Å². The first-order valence-corrected chi connectivity index (χ1v) is 11.7. The van der Waals surface area contributed by atoms with E-state index in [0.29, 0.717) is 23.6 Å². The van der Waals surface area contributed by atoms with Gasteiger partial charge in [0.15, 0.2) is 0 Å². The second-order valence-corrected chi connectivity index (χ2v) is 8.48. The zero-order valence-electron chi connectivity index (χ0n) is 18.4. The number of aliphatic carboxylic acids is 1. The Hall–Kier alpha value is -3.42. The van der Waals surface area contributed by atoms with Crippen LogP contribution in [0.3, 0.4) is 0 Å². The number of furan rings is 1. The van der Waals surface area contributed by atoms with Crippen molar-refractivity contribution in [2.24, 2.45) is 5.73 Å². The van der Waals surface area contributed by atoms with Crippen LogP contribution in [0.1, 0.15) is 21.9 Å². The zero-order chi connectivity index (χ0) is 23.4. The van der Waals surface area contributed by atoms with E-state index in [9.17, 15) is 9.90 Å². The van der Waals surface area contributed by atoms with Crippen LogP contribution in [0.2, 0.25) is 0 Å². The predicted octanol–water partition coefficient (Wildman–Crippen LogP) is 5.63. The Morgan fingerprint density at radius 3 is 2.70 bits per heavy atom. The van der Waals surface area contributed by atoms with E-state index in [1.54, 1.807) is 37.8 Å². The molecule has 3 aromatic carbocycles. The van der Waals surface area contributed by atoms with Gasteiger partial charge in [-0.15, -0.1) is 11.8 Å². The zero-order valence-corrected chi connectivity index (χ0v) is 19.2. The molecular formula is C26H25NO5S. The normalized spacial score (nSPS) is 12.0. The summed E-state index contributed by atoms with van der Waals surface area (Å²) in [4.78, 5) is 11.8. The Labute approximate surface area is 196 Å². The molecule has 7 heteroatoms. The van der Waals surface area contributed by atoms with E-state index in [0.717, 1.165) is 33.2 Å². The number of fused-ring (bicyclic) bond motifs is 1. The Bertz CT molecular complexity index is 1280. The average Bonchev–Trinajstić information content (AvgIpc) is 3.31. The van der Waals surface area contributed by atoms with Crippen LogP contribution in [0.15, 0.2) is 71.3 Å². The molecule has 0 amide bonds. The summed E-state index contributed by atoms with van der Waals surface area (Å²) < 4.78 is 17.2. The summed E-state index contributed by atoms with van der Waals surface area (Å²) >= 11 is 1.24. The van der Waals surface area contributed by atoms with Crippen molar-refractivity contribution in [3.05, 3.63) is 83.6 Å². The second-order valence-electron chi connectivity index (χ2n) is 7.53. The van der Waals surface area contributed by atoms with Gasteiger partial charge in [-0.05, 0) is 59.3 Å². The Morgan fingerprint density at radius 1 is 1.12 bits per heavy atom. The number of carbonyl (C=O) groups is 1. The minimum Gasteiger partial charge on any atom is -0.497 e. The predicted molar refractivity (Wildman–Crippen MR) is 131 cm³/mol. The fraction of sp³-hybridized carbons (Fsp3) is 0.192. The number of carboxylic acid groups (broad SMARTS) is 1. The van der Waals surface area contributed by atoms with Gasteiger partial charge < -0.3 is 24.7 Å². The molecule has 1 atom stereocenters. The van der Waals surface area contributed by atoms with Crippen LogP contribution in [-0.2, 0) is 17.9 Å². The second kappa shape index (κ2) is 10.0. The third-order valence-electron chi connectivity index (χ3n) is 5.44. The largest absolute Gasteiger partial charge is 0.497 e. The maximum Gasteiger partial charge on any atom is 0.321 e. The highest BCUT2D eigenvalue weighted by Gasteiger charge is 2.23. The molecule has 0 fully saturated rings. The van der Waals surface area contributed by atoms with E-state index in [1.807, 2.05) is 36.4 Å². The molecule has 4 rings (SSSR count). The van der Waals surface area contributed by atoms with E-state index in [4.69, 9.17) is 19.6 Å². The minimum atomic E-state index is -0.917. The molecule has 170 valence electrons. The van der Waals surface area contributed by atoms with Gasteiger partial charge in [0.1, 0.15) is 28.9 Å². The molecule has 0 saturated carbocycles. The standard InChI is InChI=1S/C26H25NO5S/c1-30-20-6-7-21(25(33-2)26(28)29)23(13-20)32-15-17-11-19-8-9-31-24(19)22(12-17)18-5-3-4-16(10-18)14-27/h3-13,25H,14-15,27H2,1-2H3,(H,28,29). The molecule has 1 heterocycles. The number of hydrogen-bond acceptors (Lipinski definition) is 6. The van der Waals surface area contributed by atoms with Gasteiger partial charge >= 0.3 is 5.97 Å². The first-order chi connectivity index (χ1) is 16.0. The van der Waals surface area contributed by atoms with Crippen LogP contribution in [0.25, 0.3) is 22.1 Å². The quantitative estimate of drug-likeness (QED) is 0.332. The lowest BCUT2D eigenvalue weighted by Gasteiger charge is -2.17. The summed E-state index contributed by atoms with van der Waals surface area (Å²) in [6.07, 6.45) is 3.43. The summed E-state index contributed by atoms with van der Waals surface area (Å²) in [6.45, 7) is 0.711. The smallest absolute Gasteiger partial charge is 0.321 e.